The van der Waals surface area contributed by atoms with Gasteiger partial charge in [0.15, 0.2) is 5.82 Å². The second-order valence-electron chi connectivity index (χ2n) is 8.09. The van der Waals surface area contributed by atoms with Gasteiger partial charge in [-0.05, 0) is 25.1 Å². The Hall–Kier alpha value is -2.44. The lowest BCUT2D eigenvalue weighted by molar-refractivity contribution is -0.210. The molecule has 14 heteroatoms. The summed E-state index contributed by atoms with van der Waals surface area (Å²) >= 11 is 6.09. The summed E-state index contributed by atoms with van der Waals surface area (Å²) in [6.07, 6.45) is 3.35. The highest BCUT2D eigenvalue weighted by atomic mass is 35.5. The van der Waals surface area contributed by atoms with Crippen LogP contribution in [0.25, 0.3) is 11.0 Å². The van der Waals surface area contributed by atoms with E-state index in [0.717, 1.165) is 38.4 Å². The van der Waals surface area contributed by atoms with Gasteiger partial charge in [-0.1, -0.05) is 17.7 Å². The largest absolute Gasteiger partial charge is 0.371 e. The fourth-order valence-electron chi connectivity index (χ4n) is 3.70. The van der Waals surface area contributed by atoms with Crippen molar-refractivity contribution < 1.29 is 18.7 Å². The minimum absolute atomic E-state index is 0.203. The first-order valence-corrected chi connectivity index (χ1v) is 13.7. The maximum atomic E-state index is 12.6. The lowest BCUT2D eigenvalue weighted by Crippen LogP contribution is -2.47. The van der Waals surface area contributed by atoms with Crippen LogP contribution in [0.1, 0.15) is 6.92 Å². The molecule has 3 heterocycles. The van der Waals surface area contributed by atoms with E-state index in [1.807, 2.05) is 24.3 Å². The lowest BCUT2D eigenvalue weighted by atomic mass is 10.3. The Morgan fingerprint density at radius 1 is 1.14 bits per heavy atom. The Balaban J connectivity index is 1.29. The molecular weight excluding hydrogens is 507 g/mol. The first-order valence-electron chi connectivity index (χ1n) is 11.6. The Bertz CT molecular complexity index is 1200. The van der Waals surface area contributed by atoms with Gasteiger partial charge in [0.1, 0.15) is 23.6 Å². The van der Waals surface area contributed by atoms with Gasteiger partial charge in [0, 0.05) is 57.1 Å². The molecule has 1 aliphatic heterocycles. The quantitative estimate of drug-likeness (QED) is 0.199. The summed E-state index contributed by atoms with van der Waals surface area (Å²) in [6.45, 7) is 6.73. The lowest BCUT2D eigenvalue weighted by Gasteiger charge is -2.35. The van der Waals surface area contributed by atoms with Gasteiger partial charge >= 0.3 is 7.60 Å². The van der Waals surface area contributed by atoms with E-state index in [2.05, 4.69) is 40.4 Å². The van der Waals surface area contributed by atoms with Crippen molar-refractivity contribution >= 4 is 47.7 Å². The van der Waals surface area contributed by atoms with Gasteiger partial charge in [-0.25, -0.2) is 24.8 Å². The smallest absolute Gasteiger partial charge is 0.353 e. The Morgan fingerprint density at radius 3 is 2.69 bits per heavy atom. The Labute approximate surface area is 214 Å². The summed E-state index contributed by atoms with van der Waals surface area (Å²) < 4.78 is 22.6. The van der Waals surface area contributed by atoms with Gasteiger partial charge < -0.3 is 15.2 Å². The molecule has 1 saturated heterocycles. The summed E-state index contributed by atoms with van der Waals surface area (Å²) in [7, 11) is -1.91. The maximum Gasteiger partial charge on any atom is 0.371 e. The number of hydrogen-bond donors (Lipinski definition) is 2. The Kier molecular flexibility index (Phi) is 9.38. The zero-order valence-corrected chi connectivity index (χ0v) is 21.9. The van der Waals surface area contributed by atoms with Crippen molar-refractivity contribution in [3.05, 3.63) is 41.8 Å². The SMILES string of the molecule is CCOOP(=O)(CN1CCN(CCNc2ncc3ncnc(Nc4cccc(Cl)c4)c3n2)CC1)OC. The molecule has 4 rings (SSSR count). The van der Waals surface area contributed by atoms with Crippen molar-refractivity contribution in [3.63, 3.8) is 0 Å². The molecular formula is C22H30ClN8O4P. The first kappa shape index (κ1) is 26.6. The molecule has 1 aromatic carbocycles. The fourth-order valence-corrected chi connectivity index (χ4v) is 5.16. The average molecular weight is 537 g/mol. The molecule has 2 N–H and O–H groups in total. The van der Waals surface area contributed by atoms with E-state index in [9.17, 15) is 4.57 Å². The molecule has 1 unspecified atom stereocenters. The van der Waals surface area contributed by atoms with E-state index in [-0.39, 0.29) is 6.29 Å². The fraction of sp³-hybridized carbons (Fsp3) is 0.455. The van der Waals surface area contributed by atoms with E-state index in [0.29, 0.717) is 41.0 Å². The van der Waals surface area contributed by atoms with Crippen LogP contribution in [-0.4, -0.2) is 89.0 Å². The molecule has 3 aromatic rings. The number of piperazine rings is 1. The molecule has 0 amide bonds. The van der Waals surface area contributed by atoms with Crippen LogP contribution in [0, 0.1) is 0 Å². The van der Waals surface area contributed by atoms with Crippen LogP contribution in [0.4, 0.5) is 17.5 Å². The van der Waals surface area contributed by atoms with Crippen molar-refractivity contribution in [3.8, 4) is 0 Å². The highest BCUT2D eigenvalue weighted by molar-refractivity contribution is 7.53. The molecule has 0 aliphatic carbocycles. The molecule has 12 nitrogen and oxygen atoms in total. The van der Waals surface area contributed by atoms with Crippen LogP contribution in [0.3, 0.4) is 0 Å². The van der Waals surface area contributed by atoms with E-state index in [1.54, 1.807) is 13.1 Å². The standard InChI is InChI=1S/C22H30ClN8O4P/c1-3-34-35-36(32,33-2)16-31-11-9-30(10-12-31)8-7-24-22-25-14-19-20(29-22)21(27-15-26-19)28-18-6-4-5-17(23)13-18/h4-6,13-15H,3,7-12,16H2,1-2H3,(H,24,25,29)(H,26,27,28). The number of fused-ring (bicyclic) bond motifs is 1. The third kappa shape index (κ3) is 7.30. The van der Waals surface area contributed by atoms with Crippen molar-refractivity contribution in [2.45, 2.75) is 6.92 Å². The van der Waals surface area contributed by atoms with Crippen molar-refractivity contribution in [2.24, 2.45) is 0 Å². The highest BCUT2D eigenvalue weighted by Gasteiger charge is 2.30. The summed E-state index contributed by atoms with van der Waals surface area (Å²) in [6, 6.07) is 7.39. The predicted octanol–water partition coefficient (Wildman–Crippen LogP) is 3.61. The molecule has 0 saturated carbocycles. The van der Waals surface area contributed by atoms with Gasteiger partial charge in [0.25, 0.3) is 0 Å². The summed E-state index contributed by atoms with van der Waals surface area (Å²) in [4.78, 5) is 26.8. The van der Waals surface area contributed by atoms with Crippen LogP contribution in [0.2, 0.25) is 5.02 Å². The van der Waals surface area contributed by atoms with Crippen LogP contribution < -0.4 is 10.6 Å². The third-order valence-electron chi connectivity index (χ3n) is 5.58. The van der Waals surface area contributed by atoms with Crippen LogP contribution in [0.15, 0.2) is 36.8 Å². The van der Waals surface area contributed by atoms with Crippen molar-refractivity contribution in [1.29, 1.82) is 0 Å². The van der Waals surface area contributed by atoms with Crippen molar-refractivity contribution in [2.75, 3.05) is 69.9 Å². The van der Waals surface area contributed by atoms with Gasteiger partial charge in [-0.2, -0.15) is 0 Å². The minimum atomic E-state index is -3.28. The summed E-state index contributed by atoms with van der Waals surface area (Å²) in [5.41, 5.74) is 2.05. The molecule has 36 heavy (non-hydrogen) atoms. The number of rotatable bonds is 12. The second-order valence-corrected chi connectivity index (χ2v) is 10.5. The van der Waals surface area contributed by atoms with Gasteiger partial charge in [0.05, 0.1) is 12.8 Å². The van der Waals surface area contributed by atoms with Gasteiger partial charge in [0.2, 0.25) is 5.95 Å². The van der Waals surface area contributed by atoms with E-state index < -0.39 is 7.60 Å². The molecule has 1 atom stereocenters. The number of nitrogens with one attached hydrogen (secondary N) is 2. The number of benzene rings is 1. The highest BCUT2D eigenvalue weighted by Crippen LogP contribution is 2.48. The van der Waals surface area contributed by atoms with Gasteiger partial charge in [-0.15, -0.1) is 4.67 Å². The van der Waals surface area contributed by atoms with E-state index in [4.69, 9.17) is 25.7 Å². The number of anilines is 3. The molecule has 1 aliphatic rings. The zero-order chi connectivity index (χ0) is 25.4. The first-order chi connectivity index (χ1) is 17.5. The van der Waals surface area contributed by atoms with Crippen molar-refractivity contribution in [1.82, 2.24) is 29.7 Å². The third-order valence-corrected chi connectivity index (χ3v) is 7.45. The number of nitrogens with zero attached hydrogens (tertiary/aromatic N) is 6. The number of aromatic nitrogens is 4. The molecule has 194 valence electrons. The number of halogens is 1. The van der Waals surface area contributed by atoms with E-state index >= 15 is 0 Å². The summed E-state index contributed by atoms with van der Waals surface area (Å²) in [5.74, 6) is 1.07. The molecule has 0 bridgehead atoms. The predicted molar refractivity (Wildman–Crippen MR) is 139 cm³/mol. The Morgan fingerprint density at radius 2 is 1.94 bits per heavy atom. The van der Waals surface area contributed by atoms with Crippen LogP contribution in [-0.2, 0) is 18.7 Å². The summed E-state index contributed by atoms with van der Waals surface area (Å²) in [5, 5.41) is 7.16. The molecule has 1 fully saturated rings. The number of hydrogen-bond acceptors (Lipinski definition) is 12. The monoisotopic (exact) mass is 536 g/mol. The van der Waals surface area contributed by atoms with Gasteiger partial charge in [-0.3, -0.25) is 14.4 Å². The molecule has 2 aromatic heterocycles. The zero-order valence-electron chi connectivity index (χ0n) is 20.3. The van der Waals surface area contributed by atoms with Crippen LogP contribution >= 0.6 is 19.2 Å². The molecule has 0 radical (unpaired) electrons. The minimum Gasteiger partial charge on any atom is -0.353 e. The van der Waals surface area contributed by atoms with E-state index in [1.165, 1.54) is 13.4 Å². The normalized spacial score (nSPS) is 16.6. The second kappa shape index (κ2) is 12.7. The maximum absolute atomic E-state index is 12.6. The topological polar surface area (TPSA) is 127 Å². The average Bonchev–Trinajstić information content (AvgIpc) is 2.89. The van der Waals surface area contributed by atoms with Crippen LogP contribution in [0.5, 0.6) is 0 Å². The molecule has 0 spiro atoms.